The third kappa shape index (κ3) is 17.2. The predicted molar refractivity (Wildman–Crippen MR) is 242 cm³/mol. The van der Waals surface area contributed by atoms with E-state index in [2.05, 4.69) is 146 Å². The molecule has 1 saturated heterocycles. The van der Waals surface area contributed by atoms with E-state index in [1.54, 1.807) is 0 Å². The van der Waals surface area contributed by atoms with E-state index in [0.717, 1.165) is 84.8 Å². The molecule has 55 heavy (non-hydrogen) atoms. The molecule has 1 N–H and O–H groups in total. The van der Waals surface area contributed by atoms with Crippen molar-refractivity contribution in [1.82, 2.24) is 15.1 Å². The number of aliphatic imine (C=N–C) groups is 1. The highest BCUT2D eigenvalue weighted by molar-refractivity contribution is 6.11. The van der Waals surface area contributed by atoms with Crippen LogP contribution in [0.25, 0.3) is 5.57 Å². The smallest absolute Gasteiger partial charge is 0.408 e. The van der Waals surface area contributed by atoms with Crippen LogP contribution in [-0.4, -0.2) is 65.5 Å². The van der Waals surface area contributed by atoms with Gasteiger partial charge in [0.05, 0.1) is 5.71 Å². The fraction of sp³-hybridized carbons (Fsp3) is 0.551. The first-order valence-electron chi connectivity index (χ1n) is 20.5. The van der Waals surface area contributed by atoms with E-state index in [0.29, 0.717) is 0 Å². The maximum absolute atomic E-state index is 12.7. The first kappa shape index (κ1) is 49.1. The van der Waals surface area contributed by atoms with Gasteiger partial charge >= 0.3 is 6.09 Å². The normalized spacial score (nSPS) is 16.4. The second kappa shape index (κ2) is 23.2. The molecule has 6 heteroatoms. The topological polar surface area (TPSA) is 57.2 Å². The Morgan fingerprint density at radius 1 is 0.945 bits per heavy atom. The number of amides is 1. The number of allylic oxidation sites excluding steroid dienone is 12. The summed E-state index contributed by atoms with van der Waals surface area (Å²) >= 11 is 0. The van der Waals surface area contributed by atoms with Crippen molar-refractivity contribution < 1.29 is 9.53 Å². The van der Waals surface area contributed by atoms with Gasteiger partial charge in [0.1, 0.15) is 5.60 Å². The van der Waals surface area contributed by atoms with Crippen LogP contribution in [0.15, 0.2) is 107 Å². The van der Waals surface area contributed by atoms with Crippen molar-refractivity contribution in [1.29, 1.82) is 0 Å². The number of benzene rings is 1. The molecule has 306 valence electrons. The van der Waals surface area contributed by atoms with E-state index in [1.165, 1.54) is 24.1 Å². The number of nitrogens with one attached hydrogen (secondary N) is 1. The quantitative estimate of drug-likeness (QED) is 0.131. The number of hydrogen-bond acceptors (Lipinski definition) is 5. The molecule has 0 radical (unpaired) electrons. The van der Waals surface area contributed by atoms with Gasteiger partial charge in [0.15, 0.2) is 0 Å². The molecule has 2 aliphatic rings. The third-order valence-electron chi connectivity index (χ3n) is 9.91. The van der Waals surface area contributed by atoms with Gasteiger partial charge in [-0.2, -0.15) is 0 Å². The van der Waals surface area contributed by atoms with Crippen molar-refractivity contribution in [2.75, 3.05) is 32.7 Å². The van der Waals surface area contributed by atoms with Crippen LogP contribution in [0, 0.1) is 5.41 Å². The Morgan fingerprint density at radius 3 is 2.04 bits per heavy atom. The Kier molecular flexibility index (Phi) is 20.8. The second-order valence-corrected chi connectivity index (χ2v) is 17.1. The zero-order valence-electron chi connectivity index (χ0n) is 37.7. The lowest BCUT2D eigenvalue weighted by Crippen LogP contribution is -2.55. The van der Waals surface area contributed by atoms with Gasteiger partial charge in [-0.25, -0.2) is 4.79 Å². The van der Waals surface area contributed by atoms with E-state index in [1.807, 2.05) is 46.8 Å². The maximum Gasteiger partial charge on any atom is 0.408 e. The molecule has 1 heterocycles. The molecule has 1 aliphatic carbocycles. The molecular formula is C49H78N4O2. The van der Waals surface area contributed by atoms with E-state index in [-0.39, 0.29) is 5.41 Å². The molecule has 0 atom stereocenters. The van der Waals surface area contributed by atoms with E-state index < -0.39 is 17.2 Å². The fourth-order valence-corrected chi connectivity index (χ4v) is 6.18. The summed E-state index contributed by atoms with van der Waals surface area (Å²) < 4.78 is 5.58. The second-order valence-electron chi connectivity index (χ2n) is 17.1. The average molecular weight is 755 g/mol. The first-order chi connectivity index (χ1) is 25.6. The van der Waals surface area contributed by atoms with Crippen LogP contribution in [0.5, 0.6) is 0 Å². The van der Waals surface area contributed by atoms with Crippen LogP contribution < -0.4 is 5.32 Å². The summed E-state index contributed by atoms with van der Waals surface area (Å²) in [5.41, 5.74) is 8.26. The van der Waals surface area contributed by atoms with Crippen molar-refractivity contribution in [3.05, 3.63) is 113 Å². The van der Waals surface area contributed by atoms with Crippen LogP contribution in [0.2, 0.25) is 0 Å². The molecule has 0 spiro atoms. The number of alkyl carbamates (subject to hydrolysis) is 1. The van der Waals surface area contributed by atoms with Gasteiger partial charge in [-0.05, 0) is 129 Å². The van der Waals surface area contributed by atoms with Gasteiger partial charge < -0.3 is 15.0 Å². The Bertz CT molecular complexity index is 1590. The number of carbonyl (C=O) groups excluding carboxylic acids is 1. The number of nitrogens with zero attached hydrogens (tertiary/aromatic N) is 3. The largest absolute Gasteiger partial charge is 0.444 e. The minimum Gasteiger partial charge on any atom is -0.444 e. The van der Waals surface area contributed by atoms with Crippen LogP contribution in [0.4, 0.5) is 4.79 Å². The highest BCUT2D eigenvalue weighted by atomic mass is 16.6. The molecule has 1 aliphatic heterocycles. The molecule has 0 unspecified atom stereocenters. The zero-order valence-corrected chi connectivity index (χ0v) is 37.7. The summed E-state index contributed by atoms with van der Waals surface area (Å²) in [6, 6.07) is 8.65. The minimum atomic E-state index is -0.555. The Labute approximate surface area is 338 Å². The summed E-state index contributed by atoms with van der Waals surface area (Å²) in [5, 5.41) is 3.12. The van der Waals surface area contributed by atoms with Gasteiger partial charge in [-0.15, -0.1) is 0 Å². The van der Waals surface area contributed by atoms with Gasteiger partial charge in [0, 0.05) is 48.7 Å². The van der Waals surface area contributed by atoms with E-state index >= 15 is 0 Å². The number of rotatable bonds is 12. The van der Waals surface area contributed by atoms with E-state index in [4.69, 9.17) is 9.73 Å². The summed E-state index contributed by atoms with van der Waals surface area (Å²) in [7, 11) is 0. The summed E-state index contributed by atoms with van der Waals surface area (Å²) in [5.74, 6) is 0. The average Bonchev–Trinajstić information content (AvgIpc) is 3.08. The molecule has 3 rings (SSSR count). The van der Waals surface area contributed by atoms with Crippen LogP contribution in [0.3, 0.4) is 0 Å². The Morgan fingerprint density at radius 2 is 1.55 bits per heavy atom. The van der Waals surface area contributed by atoms with Crippen LogP contribution in [-0.2, 0) is 11.2 Å². The molecular weight excluding hydrogens is 677 g/mol. The van der Waals surface area contributed by atoms with Gasteiger partial charge in [0.25, 0.3) is 0 Å². The van der Waals surface area contributed by atoms with E-state index in [9.17, 15) is 4.79 Å². The van der Waals surface area contributed by atoms with Gasteiger partial charge in [0.2, 0.25) is 0 Å². The molecule has 0 saturated carbocycles. The molecule has 1 fully saturated rings. The monoisotopic (exact) mass is 755 g/mol. The summed E-state index contributed by atoms with van der Waals surface area (Å²) in [4.78, 5) is 23.1. The lowest BCUT2D eigenvalue weighted by molar-refractivity contribution is 0.0370. The molecule has 1 aromatic carbocycles. The maximum atomic E-state index is 12.7. The molecule has 1 aromatic rings. The summed E-state index contributed by atoms with van der Waals surface area (Å²) in [6.07, 6.45) is 16.3. The highest BCUT2D eigenvalue weighted by Crippen LogP contribution is 2.36. The number of ether oxygens (including phenoxy) is 1. The highest BCUT2D eigenvalue weighted by Gasteiger charge is 2.39. The minimum absolute atomic E-state index is 0.274. The molecule has 0 aromatic heterocycles. The van der Waals surface area contributed by atoms with Crippen LogP contribution >= 0.6 is 0 Å². The lowest BCUT2D eigenvalue weighted by atomic mass is 9.70. The third-order valence-corrected chi connectivity index (χ3v) is 9.91. The standard InChI is InChI=1S/C42H62N4O2.C4H8.C3H8/c1-14-22-45-23-25-46(26-24-45)32(5)27-37(35-20-18-31(4)19-21-35)43-33(6)38(30(2)3)36-17-15-16-34(28-36)29-41(10,11)42(12,13)44-39(47)48-40(7,8)9;1-3-4-2;1-3-2/h15-18,20-21,27-28H,2,4,14,19,22-26,29H2,1,3,5-13H3,(H,44,47);3-4H,1-2H3;3H2,1-2H3/b32-27+,38-33-,43-37-;4-3-;. The Hall–Kier alpha value is -3.90. The zero-order chi connectivity index (χ0) is 42.0. The SMILES string of the molecule is C/C=C\C.C=C1C=CC(C(/C=C(\C)N2CCN(CCC)CC2)=N\C(C)=C(\C(=C)C)c2cccc(CC(C)(C)C(C)(C)NC(=O)OC(C)(C)C)c2)=CC1.CCC. The Balaban J connectivity index is 0.00000199. The van der Waals surface area contributed by atoms with Crippen molar-refractivity contribution in [2.24, 2.45) is 10.4 Å². The number of piperazine rings is 1. The number of hydrogen-bond donors (Lipinski definition) is 1. The summed E-state index contributed by atoms with van der Waals surface area (Å²) in [6.45, 7) is 44.9. The van der Waals surface area contributed by atoms with Crippen molar-refractivity contribution in [3.63, 3.8) is 0 Å². The number of carbonyl (C=O) groups is 1. The van der Waals surface area contributed by atoms with Crippen LogP contribution in [0.1, 0.15) is 134 Å². The first-order valence-corrected chi connectivity index (χ1v) is 20.5. The molecule has 6 nitrogen and oxygen atoms in total. The predicted octanol–water partition coefficient (Wildman–Crippen LogP) is 12.7. The van der Waals surface area contributed by atoms with Crippen molar-refractivity contribution >= 4 is 17.4 Å². The van der Waals surface area contributed by atoms with Crippen molar-refractivity contribution in [2.45, 2.75) is 141 Å². The lowest BCUT2D eigenvalue weighted by Gasteiger charge is -2.42. The van der Waals surface area contributed by atoms with Gasteiger partial charge in [-0.1, -0.05) is 114 Å². The van der Waals surface area contributed by atoms with Gasteiger partial charge in [-0.3, -0.25) is 9.89 Å². The molecule has 1 amide bonds. The fourth-order valence-electron chi connectivity index (χ4n) is 6.18. The molecule has 0 bridgehead atoms. The van der Waals surface area contributed by atoms with Crippen molar-refractivity contribution in [3.8, 4) is 0 Å².